The van der Waals surface area contributed by atoms with Crippen LogP contribution in [0.15, 0.2) is 48.5 Å². The highest BCUT2D eigenvalue weighted by molar-refractivity contribution is 5.95. The van der Waals surface area contributed by atoms with Crippen molar-refractivity contribution in [1.29, 1.82) is 0 Å². The lowest BCUT2D eigenvalue weighted by Gasteiger charge is -2.44. The van der Waals surface area contributed by atoms with E-state index >= 15 is 0 Å². The van der Waals surface area contributed by atoms with E-state index in [-0.39, 0.29) is 33.0 Å². The van der Waals surface area contributed by atoms with E-state index in [9.17, 15) is 15.0 Å². The average molecular weight is 515 g/mol. The van der Waals surface area contributed by atoms with Gasteiger partial charge in [0.2, 0.25) is 0 Å². The quantitative estimate of drug-likeness (QED) is 0.366. The smallest absolute Gasteiger partial charge is 0.339 e. The molecular formula is C35H46O3. The number of aromatic carboxylic acids is 1. The van der Waals surface area contributed by atoms with Crippen molar-refractivity contribution in [3.8, 4) is 28.0 Å². The van der Waals surface area contributed by atoms with Gasteiger partial charge in [0.05, 0.1) is 0 Å². The monoisotopic (exact) mass is 514 g/mol. The first-order valence-corrected chi connectivity index (χ1v) is 13.6. The molecule has 0 atom stereocenters. The Morgan fingerprint density at radius 3 is 1.29 bits per heavy atom. The molecule has 0 unspecified atom stereocenters. The summed E-state index contributed by atoms with van der Waals surface area (Å²) >= 11 is 0. The molecule has 0 saturated heterocycles. The third kappa shape index (κ3) is 5.53. The normalized spacial score (nSPS) is 13.1. The van der Waals surface area contributed by atoms with Gasteiger partial charge in [-0.05, 0) is 78.3 Å². The maximum Gasteiger partial charge on any atom is 0.339 e. The maximum absolute atomic E-state index is 11.8. The highest BCUT2D eigenvalue weighted by Gasteiger charge is 2.41. The van der Waals surface area contributed by atoms with Crippen LogP contribution in [0.2, 0.25) is 0 Å². The van der Waals surface area contributed by atoms with Gasteiger partial charge in [0.1, 0.15) is 11.3 Å². The summed E-state index contributed by atoms with van der Waals surface area (Å²) in [5.74, 6) is -1.36. The van der Waals surface area contributed by atoms with E-state index in [1.807, 2.05) is 12.1 Å². The van der Waals surface area contributed by atoms with Crippen LogP contribution in [0.25, 0.3) is 22.3 Å². The summed E-state index contributed by atoms with van der Waals surface area (Å²) in [6.07, 6.45) is 0. The van der Waals surface area contributed by atoms with Gasteiger partial charge in [-0.25, -0.2) is 4.79 Å². The van der Waals surface area contributed by atoms with E-state index in [1.165, 1.54) is 28.3 Å². The maximum atomic E-state index is 11.8. The van der Waals surface area contributed by atoms with E-state index in [0.29, 0.717) is 0 Å². The van der Waals surface area contributed by atoms with Gasteiger partial charge in [0, 0.05) is 0 Å². The second-order valence-corrected chi connectivity index (χ2v) is 14.7. The number of carboxylic acid groups (broad SMARTS) is 1. The zero-order chi connectivity index (χ0) is 29.0. The van der Waals surface area contributed by atoms with E-state index in [0.717, 1.165) is 22.3 Å². The van der Waals surface area contributed by atoms with Crippen molar-refractivity contribution in [3.05, 3.63) is 76.3 Å². The molecule has 38 heavy (non-hydrogen) atoms. The number of carbonyl (C=O) groups is 1. The Bertz CT molecular complexity index is 1350. The minimum atomic E-state index is -1.14. The SMILES string of the molecule is CC(C)(C)c1c(-c2ccccc2)c(-c2ccc(C(=O)O)c(O)c2)c(C(C)(C)C)c(C(C)(C)C)c1C(C)(C)C. The topological polar surface area (TPSA) is 57.5 Å². The summed E-state index contributed by atoms with van der Waals surface area (Å²) in [7, 11) is 0. The molecule has 0 aliphatic carbocycles. The van der Waals surface area contributed by atoms with Crippen LogP contribution in [0.4, 0.5) is 0 Å². The molecule has 0 aliphatic heterocycles. The number of phenols is 1. The third-order valence-corrected chi connectivity index (χ3v) is 7.08. The van der Waals surface area contributed by atoms with Crippen molar-refractivity contribution in [1.82, 2.24) is 0 Å². The molecule has 0 heterocycles. The van der Waals surface area contributed by atoms with E-state index in [2.05, 4.69) is 107 Å². The predicted molar refractivity (Wildman–Crippen MR) is 161 cm³/mol. The molecule has 2 N–H and O–H groups in total. The van der Waals surface area contributed by atoms with Crippen LogP contribution >= 0.6 is 0 Å². The molecule has 0 amide bonds. The van der Waals surface area contributed by atoms with Gasteiger partial charge in [0.15, 0.2) is 0 Å². The van der Waals surface area contributed by atoms with Gasteiger partial charge in [-0.3, -0.25) is 0 Å². The molecule has 0 bridgehead atoms. The molecule has 0 fully saturated rings. The molecule has 0 aliphatic rings. The van der Waals surface area contributed by atoms with Crippen LogP contribution in [0.5, 0.6) is 5.75 Å². The largest absolute Gasteiger partial charge is 0.507 e. The van der Waals surface area contributed by atoms with Crippen LogP contribution in [0.3, 0.4) is 0 Å². The summed E-state index contributed by atoms with van der Waals surface area (Å²) in [5, 5.41) is 20.5. The van der Waals surface area contributed by atoms with Gasteiger partial charge < -0.3 is 10.2 Å². The molecule has 3 aromatic carbocycles. The van der Waals surface area contributed by atoms with E-state index < -0.39 is 5.97 Å². The van der Waals surface area contributed by atoms with Gasteiger partial charge in [-0.15, -0.1) is 0 Å². The first kappa shape index (κ1) is 29.5. The van der Waals surface area contributed by atoms with Crippen LogP contribution in [-0.2, 0) is 21.7 Å². The molecule has 3 aromatic rings. The standard InChI is InChI=1S/C35H46O3/c1-32(2,3)27-25(21-16-14-13-15-17-21)26(22-18-19-23(31(37)38)24(36)20-22)28(33(4,5)6)30(35(10,11)12)29(27)34(7,8)9/h13-20,36H,1-12H3,(H,37,38). The van der Waals surface area contributed by atoms with Crippen molar-refractivity contribution < 1.29 is 15.0 Å². The predicted octanol–water partition coefficient (Wildman–Crippen LogP) is 9.61. The van der Waals surface area contributed by atoms with Gasteiger partial charge in [-0.2, -0.15) is 0 Å². The second-order valence-electron chi connectivity index (χ2n) is 14.7. The molecule has 0 radical (unpaired) electrons. The van der Waals surface area contributed by atoms with Crippen LogP contribution < -0.4 is 0 Å². The van der Waals surface area contributed by atoms with Crippen molar-refractivity contribution in [3.63, 3.8) is 0 Å². The number of hydrogen-bond donors (Lipinski definition) is 2. The fourth-order valence-corrected chi connectivity index (χ4v) is 5.80. The van der Waals surface area contributed by atoms with Gasteiger partial charge >= 0.3 is 5.97 Å². The molecule has 0 spiro atoms. The van der Waals surface area contributed by atoms with Crippen LogP contribution in [0.1, 0.15) is 116 Å². The lowest BCUT2D eigenvalue weighted by molar-refractivity contribution is 0.0693. The zero-order valence-electron chi connectivity index (χ0n) is 25.4. The van der Waals surface area contributed by atoms with Gasteiger partial charge in [0.25, 0.3) is 0 Å². The Morgan fingerprint density at radius 2 is 0.947 bits per heavy atom. The summed E-state index contributed by atoms with van der Waals surface area (Å²) in [5.41, 5.74) is 8.58. The lowest BCUT2D eigenvalue weighted by Crippen LogP contribution is -2.33. The van der Waals surface area contributed by atoms with E-state index in [1.54, 1.807) is 6.07 Å². The Labute approximate surface area is 229 Å². The van der Waals surface area contributed by atoms with E-state index in [4.69, 9.17) is 0 Å². The summed E-state index contributed by atoms with van der Waals surface area (Å²) in [4.78, 5) is 11.8. The number of hydrogen-bond acceptors (Lipinski definition) is 2. The number of carboxylic acids is 1. The molecule has 3 heteroatoms. The molecule has 204 valence electrons. The summed E-state index contributed by atoms with van der Waals surface area (Å²) in [6, 6.07) is 15.5. The second kappa shape index (κ2) is 9.59. The fraction of sp³-hybridized carbons (Fsp3) is 0.457. The Morgan fingerprint density at radius 1 is 0.553 bits per heavy atom. The summed E-state index contributed by atoms with van der Waals surface area (Å²) in [6.45, 7) is 27.4. The van der Waals surface area contributed by atoms with Gasteiger partial charge in [-0.1, -0.05) is 119 Å². The number of rotatable bonds is 3. The number of aromatic hydroxyl groups is 1. The first-order valence-electron chi connectivity index (χ1n) is 13.6. The molecule has 3 rings (SSSR count). The van der Waals surface area contributed by atoms with Crippen molar-refractivity contribution >= 4 is 5.97 Å². The Hall–Kier alpha value is -3.07. The summed E-state index contributed by atoms with van der Waals surface area (Å²) < 4.78 is 0. The Kier molecular flexibility index (Phi) is 7.44. The fourth-order valence-electron chi connectivity index (χ4n) is 5.80. The third-order valence-electron chi connectivity index (χ3n) is 7.08. The molecular weight excluding hydrogens is 468 g/mol. The van der Waals surface area contributed by atoms with Crippen LogP contribution in [-0.4, -0.2) is 16.2 Å². The lowest BCUT2D eigenvalue weighted by atomic mass is 9.60. The van der Waals surface area contributed by atoms with Crippen LogP contribution in [0, 0.1) is 0 Å². The molecule has 3 nitrogen and oxygen atoms in total. The zero-order valence-corrected chi connectivity index (χ0v) is 25.4. The van der Waals surface area contributed by atoms with Crippen molar-refractivity contribution in [2.75, 3.05) is 0 Å². The highest BCUT2D eigenvalue weighted by Crippen LogP contribution is 2.54. The van der Waals surface area contributed by atoms with Crippen molar-refractivity contribution in [2.45, 2.75) is 105 Å². The van der Waals surface area contributed by atoms with Crippen molar-refractivity contribution in [2.24, 2.45) is 0 Å². The Balaban J connectivity index is 2.84. The molecule has 0 saturated carbocycles. The minimum Gasteiger partial charge on any atom is -0.507 e. The molecule has 0 aromatic heterocycles. The average Bonchev–Trinajstić information content (AvgIpc) is 2.74. The first-order chi connectivity index (χ1) is 17.2. The highest BCUT2D eigenvalue weighted by atomic mass is 16.4. The number of benzene rings is 3. The minimum absolute atomic E-state index is 0.0919.